The van der Waals surface area contributed by atoms with E-state index in [9.17, 15) is 14.2 Å². The van der Waals surface area contributed by atoms with Gasteiger partial charge in [-0.15, -0.1) is 0 Å². The van der Waals surface area contributed by atoms with Gasteiger partial charge in [0.15, 0.2) is 0 Å². The minimum absolute atomic E-state index is 0.350. The highest BCUT2D eigenvalue weighted by molar-refractivity contribution is 7.95. The molecule has 1 fully saturated rings. The zero-order chi connectivity index (χ0) is 22.0. The first-order valence-corrected chi connectivity index (χ1v) is 12.7. The SMILES string of the molecule is CC(C)(C(=O)P(=O)(C(=O)C(C)(C)c1ccccc1)C1CCCCC1)c1ccccc1. The molecule has 1 saturated carbocycles. The molecular formula is C26H33O3P. The van der Waals surface area contributed by atoms with Crippen molar-refractivity contribution in [1.29, 1.82) is 0 Å². The van der Waals surface area contributed by atoms with Crippen molar-refractivity contribution in [3.63, 3.8) is 0 Å². The summed E-state index contributed by atoms with van der Waals surface area (Å²) < 4.78 is 14.7. The molecule has 0 radical (unpaired) electrons. The van der Waals surface area contributed by atoms with E-state index in [1.807, 2.05) is 88.4 Å². The Bertz CT molecular complexity index is 871. The van der Waals surface area contributed by atoms with E-state index in [0.29, 0.717) is 12.8 Å². The van der Waals surface area contributed by atoms with Gasteiger partial charge in [0.05, 0.1) is 10.8 Å². The van der Waals surface area contributed by atoms with Crippen LogP contribution in [0.25, 0.3) is 0 Å². The van der Waals surface area contributed by atoms with Crippen LogP contribution in [-0.4, -0.2) is 16.7 Å². The van der Waals surface area contributed by atoms with E-state index in [0.717, 1.165) is 30.4 Å². The lowest BCUT2D eigenvalue weighted by Crippen LogP contribution is -2.40. The Kier molecular flexibility index (Phi) is 6.53. The Morgan fingerprint density at radius 3 is 1.43 bits per heavy atom. The van der Waals surface area contributed by atoms with Crippen molar-refractivity contribution >= 4 is 18.2 Å². The third-order valence-electron chi connectivity index (χ3n) is 6.75. The molecule has 0 aromatic heterocycles. The first-order chi connectivity index (χ1) is 14.1. The summed E-state index contributed by atoms with van der Waals surface area (Å²) in [7, 11) is -3.83. The summed E-state index contributed by atoms with van der Waals surface area (Å²) in [6.45, 7) is 7.23. The van der Waals surface area contributed by atoms with Gasteiger partial charge < -0.3 is 4.57 Å². The summed E-state index contributed by atoms with van der Waals surface area (Å²) >= 11 is 0. The molecule has 3 nitrogen and oxygen atoms in total. The average molecular weight is 425 g/mol. The highest BCUT2D eigenvalue weighted by atomic mass is 31.2. The fraction of sp³-hybridized carbons (Fsp3) is 0.462. The summed E-state index contributed by atoms with van der Waals surface area (Å²) in [4.78, 5) is 28.0. The van der Waals surface area contributed by atoms with Crippen LogP contribution in [0.15, 0.2) is 60.7 Å². The maximum Gasteiger partial charge on any atom is 0.216 e. The Balaban J connectivity index is 2.11. The van der Waals surface area contributed by atoms with Crippen molar-refractivity contribution in [1.82, 2.24) is 0 Å². The molecule has 0 bridgehead atoms. The zero-order valence-electron chi connectivity index (χ0n) is 18.6. The second-order valence-electron chi connectivity index (χ2n) is 9.54. The highest BCUT2D eigenvalue weighted by Gasteiger charge is 2.56. The fourth-order valence-corrected chi connectivity index (χ4v) is 8.51. The number of carbonyl (C=O) groups is 2. The Hall–Kier alpha value is -1.99. The molecule has 1 aliphatic carbocycles. The lowest BCUT2D eigenvalue weighted by Gasteiger charge is -2.38. The minimum atomic E-state index is -3.83. The molecule has 0 atom stereocenters. The monoisotopic (exact) mass is 424 g/mol. The second kappa shape index (κ2) is 8.63. The van der Waals surface area contributed by atoms with Crippen LogP contribution in [0.4, 0.5) is 0 Å². The Morgan fingerprint density at radius 1 is 0.700 bits per heavy atom. The third-order valence-corrected chi connectivity index (χ3v) is 10.6. The van der Waals surface area contributed by atoms with Crippen LogP contribution < -0.4 is 0 Å². The largest absolute Gasteiger partial charge is 0.307 e. The molecule has 0 amide bonds. The molecule has 3 rings (SSSR count). The summed E-state index contributed by atoms with van der Waals surface area (Å²) in [5.41, 5.74) is -1.50. The Labute approximate surface area is 180 Å². The van der Waals surface area contributed by atoms with E-state index < -0.39 is 18.0 Å². The number of benzene rings is 2. The molecule has 2 aromatic rings. The van der Waals surface area contributed by atoms with Crippen LogP contribution in [0, 0.1) is 0 Å². The topological polar surface area (TPSA) is 51.2 Å². The van der Waals surface area contributed by atoms with Crippen LogP contribution in [0.3, 0.4) is 0 Å². The first-order valence-electron chi connectivity index (χ1n) is 10.9. The molecule has 0 N–H and O–H groups in total. The van der Waals surface area contributed by atoms with Gasteiger partial charge in [-0.25, -0.2) is 0 Å². The van der Waals surface area contributed by atoms with E-state index >= 15 is 0 Å². The van der Waals surface area contributed by atoms with Crippen molar-refractivity contribution in [2.45, 2.75) is 76.3 Å². The van der Waals surface area contributed by atoms with Gasteiger partial charge in [0.2, 0.25) is 18.2 Å². The van der Waals surface area contributed by atoms with Gasteiger partial charge in [-0.05, 0) is 51.7 Å². The van der Waals surface area contributed by atoms with E-state index in [2.05, 4.69) is 0 Å². The van der Waals surface area contributed by atoms with Gasteiger partial charge in [0.1, 0.15) is 0 Å². The molecule has 2 aromatic carbocycles. The van der Waals surface area contributed by atoms with Crippen LogP contribution >= 0.6 is 7.14 Å². The summed E-state index contributed by atoms with van der Waals surface area (Å²) in [6.07, 6.45) is 4.29. The van der Waals surface area contributed by atoms with Crippen molar-refractivity contribution < 1.29 is 14.2 Å². The van der Waals surface area contributed by atoms with Gasteiger partial charge in [-0.1, -0.05) is 79.9 Å². The van der Waals surface area contributed by atoms with Gasteiger partial charge in [0.25, 0.3) is 0 Å². The summed E-state index contributed by atoms with van der Waals surface area (Å²) in [5, 5.41) is 0. The molecule has 0 spiro atoms. The molecule has 0 heterocycles. The van der Waals surface area contributed by atoms with Gasteiger partial charge in [-0.2, -0.15) is 0 Å². The summed E-state index contributed by atoms with van der Waals surface area (Å²) in [5.74, 6) is 0. The van der Waals surface area contributed by atoms with Crippen molar-refractivity contribution in [2.24, 2.45) is 0 Å². The maximum absolute atomic E-state index is 14.7. The van der Waals surface area contributed by atoms with Crippen LogP contribution in [-0.2, 0) is 25.0 Å². The summed E-state index contributed by atoms with van der Waals surface area (Å²) in [6, 6.07) is 18.9. The van der Waals surface area contributed by atoms with Crippen molar-refractivity contribution in [2.75, 3.05) is 0 Å². The molecule has 1 aliphatic rings. The standard InChI is InChI=1S/C26H33O3P/c1-25(2,20-14-8-5-9-15-20)23(27)30(29,22-18-12-7-13-19-22)24(28)26(3,4)21-16-10-6-11-17-21/h5-6,8-11,14-17,22H,7,12-13,18-19H2,1-4H3. The first kappa shape index (κ1) is 22.7. The van der Waals surface area contributed by atoms with Gasteiger partial charge >= 0.3 is 0 Å². The van der Waals surface area contributed by atoms with Crippen molar-refractivity contribution in [3.8, 4) is 0 Å². The zero-order valence-corrected chi connectivity index (χ0v) is 19.5. The van der Waals surface area contributed by atoms with E-state index in [1.54, 1.807) is 0 Å². The van der Waals surface area contributed by atoms with Gasteiger partial charge in [-0.3, -0.25) is 9.59 Å². The molecular weight excluding hydrogens is 391 g/mol. The van der Waals surface area contributed by atoms with Crippen molar-refractivity contribution in [3.05, 3.63) is 71.8 Å². The van der Waals surface area contributed by atoms with Crippen LogP contribution in [0.5, 0.6) is 0 Å². The normalized spacial score (nSPS) is 16.3. The average Bonchev–Trinajstić information content (AvgIpc) is 2.79. The molecule has 4 heteroatoms. The lowest BCUT2D eigenvalue weighted by atomic mass is 9.86. The lowest BCUT2D eigenvalue weighted by molar-refractivity contribution is -0.119. The fourth-order valence-electron chi connectivity index (χ4n) is 4.66. The van der Waals surface area contributed by atoms with E-state index in [4.69, 9.17) is 0 Å². The van der Waals surface area contributed by atoms with Crippen LogP contribution in [0.2, 0.25) is 0 Å². The quantitative estimate of drug-likeness (QED) is 0.465. The van der Waals surface area contributed by atoms with E-state index in [-0.39, 0.29) is 16.7 Å². The number of hydrogen-bond donors (Lipinski definition) is 0. The molecule has 0 saturated heterocycles. The molecule has 0 unspecified atom stereocenters. The predicted octanol–water partition coefficient (Wildman–Crippen LogP) is 6.69. The molecule has 160 valence electrons. The smallest absolute Gasteiger partial charge is 0.216 e. The Morgan fingerprint density at radius 2 is 1.07 bits per heavy atom. The van der Waals surface area contributed by atoms with Crippen LogP contribution in [0.1, 0.15) is 70.9 Å². The predicted molar refractivity (Wildman–Crippen MR) is 123 cm³/mol. The molecule has 30 heavy (non-hydrogen) atoms. The second-order valence-corrected chi connectivity index (χ2v) is 12.4. The molecule has 0 aliphatic heterocycles. The van der Waals surface area contributed by atoms with E-state index in [1.165, 1.54) is 0 Å². The number of hydrogen-bond acceptors (Lipinski definition) is 3. The minimum Gasteiger partial charge on any atom is -0.307 e. The number of carbonyl (C=O) groups excluding carboxylic acids is 2. The third kappa shape index (κ3) is 3.97. The van der Waals surface area contributed by atoms with Gasteiger partial charge in [0, 0.05) is 5.66 Å². The maximum atomic E-state index is 14.7. The number of rotatable bonds is 7. The highest BCUT2D eigenvalue weighted by Crippen LogP contribution is 2.63.